The van der Waals surface area contributed by atoms with Crippen LogP contribution in [-0.2, 0) is 9.47 Å². The lowest BCUT2D eigenvalue weighted by Crippen LogP contribution is -2.63. The fourth-order valence-electron chi connectivity index (χ4n) is 3.37. The second-order valence-electron chi connectivity index (χ2n) is 6.36. The molecule has 0 aromatic rings. The molecule has 0 amide bonds. The minimum atomic E-state index is 0.267. The molecule has 1 saturated heterocycles. The number of hydrogen-bond donors (Lipinski definition) is 1. The molecule has 18 heavy (non-hydrogen) atoms. The molecule has 2 aliphatic rings. The van der Waals surface area contributed by atoms with Crippen LogP contribution in [-0.4, -0.2) is 38.0 Å². The van der Waals surface area contributed by atoms with Crippen molar-refractivity contribution in [3.8, 4) is 0 Å². The molecule has 3 heteroatoms. The first-order chi connectivity index (χ1) is 8.59. The Bertz CT molecular complexity index is 261. The van der Waals surface area contributed by atoms with Gasteiger partial charge in [0.15, 0.2) is 0 Å². The highest BCUT2D eigenvalue weighted by Gasteiger charge is 2.49. The molecule has 3 nitrogen and oxygen atoms in total. The minimum Gasteiger partial charge on any atom is -0.381 e. The van der Waals surface area contributed by atoms with Gasteiger partial charge in [-0.05, 0) is 32.1 Å². The summed E-state index contributed by atoms with van der Waals surface area (Å²) in [6.07, 6.45) is 4.00. The summed E-state index contributed by atoms with van der Waals surface area (Å²) in [5.41, 5.74) is 0.267. The second kappa shape index (κ2) is 5.89. The van der Waals surface area contributed by atoms with Crippen LogP contribution < -0.4 is 5.32 Å². The van der Waals surface area contributed by atoms with E-state index < -0.39 is 0 Å². The highest BCUT2D eigenvalue weighted by Crippen LogP contribution is 2.43. The molecular formula is C15H29NO2. The first-order valence-corrected chi connectivity index (χ1v) is 7.55. The molecule has 2 rings (SSSR count). The van der Waals surface area contributed by atoms with Crippen molar-refractivity contribution < 1.29 is 9.47 Å². The molecule has 0 spiro atoms. The molecule has 0 radical (unpaired) electrons. The van der Waals surface area contributed by atoms with Crippen molar-refractivity contribution in [3.05, 3.63) is 0 Å². The van der Waals surface area contributed by atoms with E-state index >= 15 is 0 Å². The summed E-state index contributed by atoms with van der Waals surface area (Å²) in [4.78, 5) is 0. The van der Waals surface area contributed by atoms with Gasteiger partial charge in [0, 0.05) is 30.7 Å². The molecule has 0 aromatic heterocycles. The summed E-state index contributed by atoms with van der Waals surface area (Å²) in [6, 6.07) is 1.21. The fourth-order valence-corrected chi connectivity index (χ4v) is 3.37. The number of nitrogens with one attached hydrogen (secondary N) is 1. The lowest BCUT2D eigenvalue weighted by Gasteiger charge is -2.53. The van der Waals surface area contributed by atoms with Crippen LogP contribution >= 0.6 is 0 Å². The first-order valence-electron chi connectivity index (χ1n) is 7.55. The Morgan fingerprint density at radius 1 is 1.39 bits per heavy atom. The van der Waals surface area contributed by atoms with E-state index in [4.69, 9.17) is 9.47 Å². The van der Waals surface area contributed by atoms with E-state index in [0.717, 1.165) is 26.2 Å². The van der Waals surface area contributed by atoms with Crippen LogP contribution in [0.5, 0.6) is 0 Å². The number of hydrogen-bond acceptors (Lipinski definition) is 3. The topological polar surface area (TPSA) is 30.5 Å². The lowest BCUT2D eigenvalue weighted by atomic mass is 9.64. The molecule has 4 atom stereocenters. The average Bonchev–Trinajstić information content (AvgIpc) is 2.86. The third-order valence-corrected chi connectivity index (χ3v) is 4.93. The molecule has 4 unspecified atom stereocenters. The average molecular weight is 255 g/mol. The quantitative estimate of drug-likeness (QED) is 0.791. The van der Waals surface area contributed by atoms with Gasteiger partial charge in [0.25, 0.3) is 0 Å². The standard InChI is InChI=1S/C15H29NO2/c1-5-12(11-7-8-17-10-11)16-13-9-14(18-6-2)15(13,3)4/h11-14,16H,5-10H2,1-4H3. The third kappa shape index (κ3) is 2.73. The zero-order valence-corrected chi connectivity index (χ0v) is 12.4. The SMILES string of the molecule is CCOC1CC(NC(CC)C2CCOC2)C1(C)C. The molecule has 0 bridgehead atoms. The zero-order chi connectivity index (χ0) is 13.2. The van der Waals surface area contributed by atoms with E-state index in [-0.39, 0.29) is 5.41 Å². The van der Waals surface area contributed by atoms with Gasteiger partial charge in [0.1, 0.15) is 0 Å². The Labute approximate surface area is 112 Å². The predicted molar refractivity (Wildman–Crippen MR) is 73.7 cm³/mol. The van der Waals surface area contributed by atoms with Gasteiger partial charge in [-0.25, -0.2) is 0 Å². The Morgan fingerprint density at radius 3 is 2.67 bits per heavy atom. The van der Waals surface area contributed by atoms with Gasteiger partial charge in [0.2, 0.25) is 0 Å². The van der Waals surface area contributed by atoms with Crippen LogP contribution in [0.2, 0.25) is 0 Å². The van der Waals surface area contributed by atoms with Crippen LogP contribution in [0.1, 0.15) is 47.0 Å². The molecule has 1 N–H and O–H groups in total. The zero-order valence-electron chi connectivity index (χ0n) is 12.4. The van der Waals surface area contributed by atoms with E-state index in [1.54, 1.807) is 0 Å². The van der Waals surface area contributed by atoms with Crippen molar-refractivity contribution in [2.24, 2.45) is 11.3 Å². The summed E-state index contributed by atoms with van der Waals surface area (Å²) in [5, 5.41) is 3.86. The molecule has 1 heterocycles. The van der Waals surface area contributed by atoms with E-state index in [0.29, 0.717) is 24.1 Å². The van der Waals surface area contributed by atoms with Crippen LogP contribution in [0.4, 0.5) is 0 Å². The molecule has 106 valence electrons. The van der Waals surface area contributed by atoms with Crippen LogP contribution in [0.25, 0.3) is 0 Å². The Kier molecular flexibility index (Phi) is 4.68. The van der Waals surface area contributed by atoms with Gasteiger partial charge >= 0.3 is 0 Å². The Morgan fingerprint density at radius 2 is 2.17 bits per heavy atom. The van der Waals surface area contributed by atoms with Crippen molar-refractivity contribution in [2.45, 2.75) is 65.1 Å². The number of ether oxygens (including phenoxy) is 2. The Hall–Kier alpha value is -0.120. The second-order valence-corrected chi connectivity index (χ2v) is 6.36. The van der Waals surface area contributed by atoms with Gasteiger partial charge in [-0.2, -0.15) is 0 Å². The van der Waals surface area contributed by atoms with Crippen molar-refractivity contribution in [1.29, 1.82) is 0 Å². The van der Waals surface area contributed by atoms with Crippen LogP contribution in [0.15, 0.2) is 0 Å². The Balaban J connectivity index is 1.85. The van der Waals surface area contributed by atoms with E-state index in [2.05, 4.69) is 33.0 Å². The van der Waals surface area contributed by atoms with Crippen molar-refractivity contribution >= 4 is 0 Å². The van der Waals surface area contributed by atoms with Gasteiger partial charge in [-0.3, -0.25) is 0 Å². The summed E-state index contributed by atoms with van der Waals surface area (Å²) in [5.74, 6) is 0.706. The monoisotopic (exact) mass is 255 g/mol. The highest BCUT2D eigenvalue weighted by molar-refractivity contribution is 5.04. The first kappa shape index (κ1) is 14.3. The minimum absolute atomic E-state index is 0.267. The van der Waals surface area contributed by atoms with Crippen molar-refractivity contribution in [2.75, 3.05) is 19.8 Å². The summed E-state index contributed by atoms with van der Waals surface area (Å²) in [6.45, 7) is 11.7. The largest absolute Gasteiger partial charge is 0.381 e. The maximum Gasteiger partial charge on any atom is 0.0655 e. The smallest absolute Gasteiger partial charge is 0.0655 e. The van der Waals surface area contributed by atoms with Gasteiger partial charge in [0.05, 0.1) is 12.7 Å². The van der Waals surface area contributed by atoms with E-state index in [9.17, 15) is 0 Å². The highest BCUT2D eigenvalue weighted by atomic mass is 16.5. The third-order valence-electron chi connectivity index (χ3n) is 4.93. The summed E-state index contributed by atoms with van der Waals surface area (Å²) in [7, 11) is 0. The van der Waals surface area contributed by atoms with Crippen molar-refractivity contribution in [3.63, 3.8) is 0 Å². The predicted octanol–water partition coefficient (Wildman–Crippen LogP) is 2.59. The molecule has 1 saturated carbocycles. The fraction of sp³-hybridized carbons (Fsp3) is 1.00. The van der Waals surface area contributed by atoms with Crippen molar-refractivity contribution in [1.82, 2.24) is 5.32 Å². The van der Waals surface area contributed by atoms with Gasteiger partial charge < -0.3 is 14.8 Å². The molecule has 1 aliphatic carbocycles. The summed E-state index contributed by atoms with van der Waals surface area (Å²) < 4.78 is 11.3. The maximum atomic E-state index is 5.80. The summed E-state index contributed by atoms with van der Waals surface area (Å²) >= 11 is 0. The molecule has 0 aromatic carbocycles. The van der Waals surface area contributed by atoms with E-state index in [1.807, 2.05) is 0 Å². The van der Waals surface area contributed by atoms with E-state index in [1.165, 1.54) is 12.8 Å². The van der Waals surface area contributed by atoms with Gasteiger partial charge in [-0.1, -0.05) is 20.8 Å². The van der Waals surface area contributed by atoms with Crippen LogP contribution in [0.3, 0.4) is 0 Å². The molecule has 2 fully saturated rings. The molecule has 1 aliphatic heterocycles. The van der Waals surface area contributed by atoms with Gasteiger partial charge in [-0.15, -0.1) is 0 Å². The molecular weight excluding hydrogens is 226 g/mol. The maximum absolute atomic E-state index is 5.80. The lowest BCUT2D eigenvalue weighted by molar-refractivity contribution is -0.117. The number of rotatable bonds is 6. The normalized spacial score (nSPS) is 36.3. The van der Waals surface area contributed by atoms with Crippen LogP contribution in [0, 0.1) is 11.3 Å².